The Bertz CT molecular complexity index is 9.65. The summed E-state index contributed by atoms with van der Waals surface area (Å²) in [6.45, 7) is 0. The minimum Gasteiger partial charge on any atom is 0 e. The van der Waals surface area contributed by atoms with Crippen LogP contribution in [0.15, 0.2) is 0 Å². The summed E-state index contributed by atoms with van der Waals surface area (Å²) in [6.07, 6.45) is 0. The van der Waals surface area contributed by atoms with Crippen LogP contribution >= 0.6 is 0 Å². The van der Waals surface area contributed by atoms with E-state index in [2.05, 4.69) is 0 Å². The van der Waals surface area contributed by atoms with Gasteiger partial charge in [0.2, 0.25) is 0 Å². The number of hydrogen-bond acceptors (Lipinski definition) is 4. The topological polar surface area (TPSA) is 120 Å². The zero-order valence-electron chi connectivity index (χ0n) is 3.70. The Morgan fingerprint density at radius 1 is 0.429 bits per heavy atom. The van der Waals surface area contributed by atoms with Gasteiger partial charge in [0.15, 0.2) is 0 Å². The average Bonchev–Trinajstić information content (AvgIpc) is 0. The molecule has 0 bridgehead atoms. The van der Waals surface area contributed by atoms with Crippen LogP contribution in [0.25, 0.3) is 0 Å². The van der Waals surface area contributed by atoms with E-state index in [-0.39, 0.29) is 98.2 Å². The smallest absolute Gasteiger partial charge is 0 e. The summed E-state index contributed by atoms with van der Waals surface area (Å²) in [5, 5.41) is 0. The van der Waals surface area contributed by atoms with Gasteiger partial charge in [-0.25, -0.2) is 0 Å². The molecule has 4 N–H and O–H groups in total. The summed E-state index contributed by atoms with van der Waals surface area (Å²) in [5.74, 6) is 0. The van der Waals surface area contributed by atoms with Gasteiger partial charge in [-0.05, 0) is 0 Å². The molecule has 0 aliphatic heterocycles. The van der Waals surface area contributed by atoms with E-state index in [1.54, 1.807) is 0 Å². The van der Waals surface area contributed by atoms with E-state index < -0.39 is 0 Å². The maximum atomic E-state index is 0. The molecule has 0 aliphatic carbocycles. The summed E-state index contributed by atoms with van der Waals surface area (Å²) < 4.78 is 0. The maximum absolute atomic E-state index is 0. The van der Waals surface area contributed by atoms with Crippen molar-refractivity contribution in [1.29, 1.82) is 0 Å². The fourth-order valence-electron chi connectivity index (χ4n) is 0. The van der Waals surface area contributed by atoms with Crippen LogP contribution in [-0.2, 0) is 21.7 Å². The second-order valence-corrected chi connectivity index (χ2v) is 0. The molecular weight excluding hydrogens is 526 g/mol. The summed E-state index contributed by atoms with van der Waals surface area (Å²) >= 11 is 0. The van der Waals surface area contributed by atoms with Crippen LogP contribution in [0.3, 0.4) is 0 Å². The van der Waals surface area contributed by atoms with Gasteiger partial charge in [0.1, 0.15) is 0 Å². The van der Waals surface area contributed by atoms with Crippen molar-refractivity contribution in [3.63, 3.8) is 0 Å². The van der Waals surface area contributed by atoms with Gasteiger partial charge in [0.25, 0.3) is 0 Å². The quantitative estimate of drug-likeness (QED) is 0.318. The van der Waals surface area contributed by atoms with Crippen molar-refractivity contribution in [3.8, 4) is 0 Å². The Morgan fingerprint density at radius 3 is 0.429 bits per heavy atom. The molecule has 0 saturated heterocycles. The van der Waals surface area contributed by atoms with Gasteiger partial charge in [0.05, 0.1) is 0 Å². The largest absolute Gasteiger partial charge is 0 e. The summed E-state index contributed by atoms with van der Waals surface area (Å²) in [7, 11) is 0. The SMILES string of the molecule is [OH-].[OH-].[OH-].[OH-].[PbH2+2].[PbH2+2].[Ti]. The second kappa shape index (κ2) is 79.9. The van der Waals surface area contributed by atoms with Crippen LogP contribution in [0.1, 0.15) is 0 Å². The van der Waals surface area contributed by atoms with Gasteiger partial charge in [0, 0.05) is 21.7 Å². The molecule has 0 aromatic carbocycles. The van der Waals surface area contributed by atoms with Gasteiger partial charge >= 0.3 is 54.6 Å². The Balaban J connectivity index is 0. The van der Waals surface area contributed by atoms with E-state index in [9.17, 15) is 0 Å². The van der Waals surface area contributed by atoms with E-state index >= 15 is 0 Å². The monoisotopic (exact) mass is 536 g/mol. The van der Waals surface area contributed by atoms with Crippen LogP contribution in [0.4, 0.5) is 0 Å². The molecule has 44 valence electrons. The molecule has 0 atom stereocenters. The standard InChI is InChI=1S/4H2O.2Pb.Ti.4H/h4*1H2;;;;;;;/q;;;;2*+2;;;;;/p-4. The fraction of sp³-hybridized carbons (Fsp3) is 0. The first-order chi connectivity index (χ1) is 0. The van der Waals surface area contributed by atoms with E-state index in [0.29, 0.717) is 0 Å². The van der Waals surface area contributed by atoms with Crippen LogP contribution < -0.4 is 0 Å². The Morgan fingerprint density at radius 2 is 0.429 bits per heavy atom. The molecule has 7 heavy (non-hydrogen) atoms. The normalized spacial score (nSPS) is 0. The van der Waals surface area contributed by atoms with Gasteiger partial charge in [-0.3, -0.25) is 0 Å². The first-order valence-corrected chi connectivity index (χ1v) is 0. The average molecular weight is 534 g/mol. The van der Waals surface area contributed by atoms with Gasteiger partial charge in [-0.1, -0.05) is 0 Å². The predicted molar refractivity (Wildman–Crippen MR) is 24.8 cm³/mol. The first-order valence-electron chi connectivity index (χ1n) is 0. The van der Waals surface area contributed by atoms with Crippen molar-refractivity contribution in [2.45, 2.75) is 0 Å². The third-order valence-corrected chi connectivity index (χ3v) is 0. The molecule has 7 heteroatoms. The van der Waals surface area contributed by atoms with E-state index in [0.717, 1.165) is 0 Å². The Hall–Kier alpha value is 2.40. The maximum Gasteiger partial charge on any atom is 0 e. The van der Waals surface area contributed by atoms with E-state index in [4.69, 9.17) is 0 Å². The van der Waals surface area contributed by atoms with Crippen LogP contribution in [0, 0.1) is 0 Å². The summed E-state index contributed by atoms with van der Waals surface area (Å²) in [6, 6.07) is 0. The Kier molecular flexibility index (Phi) is 1320. The van der Waals surface area contributed by atoms with E-state index in [1.807, 2.05) is 0 Å². The zero-order valence-corrected chi connectivity index (χ0v) is 16.3. The minimum absolute atomic E-state index is 0. The van der Waals surface area contributed by atoms with Crippen LogP contribution in [0.2, 0.25) is 0 Å². The molecule has 4 nitrogen and oxygen atoms in total. The molecule has 0 unspecified atom stereocenters. The van der Waals surface area contributed by atoms with Crippen LogP contribution in [-0.4, -0.2) is 76.5 Å². The molecule has 0 amide bonds. The van der Waals surface area contributed by atoms with E-state index in [1.165, 1.54) is 0 Å². The van der Waals surface area contributed by atoms with Crippen molar-refractivity contribution in [3.05, 3.63) is 0 Å². The zero-order chi connectivity index (χ0) is 0. The fourth-order valence-corrected chi connectivity index (χ4v) is 0. The molecule has 0 fully saturated rings. The predicted octanol–water partition coefficient (Wildman–Crippen LogP) is -2.54. The van der Waals surface area contributed by atoms with Crippen LogP contribution in [0.5, 0.6) is 0 Å². The summed E-state index contributed by atoms with van der Waals surface area (Å²) in [5.41, 5.74) is 0. The van der Waals surface area contributed by atoms with Gasteiger partial charge in [-0.15, -0.1) is 0 Å². The molecule has 0 saturated carbocycles. The van der Waals surface area contributed by atoms with Crippen molar-refractivity contribution in [1.82, 2.24) is 0 Å². The third kappa shape index (κ3) is 59.8. The second-order valence-electron chi connectivity index (χ2n) is 0. The molecule has 0 spiro atoms. The van der Waals surface area contributed by atoms with Gasteiger partial charge in [-0.2, -0.15) is 0 Å². The Labute approximate surface area is 96.9 Å². The van der Waals surface area contributed by atoms with Crippen molar-refractivity contribution in [2.24, 2.45) is 0 Å². The van der Waals surface area contributed by atoms with Crippen molar-refractivity contribution in [2.75, 3.05) is 0 Å². The number of rotatable bonds is 0. The molecule has 0 heterocycles. The minimum atomic E-state index is 0. The first kappa shape index (κ1) is 115. The molecule has 0 aromatic heterocycles. The molecule has 0 aromatic rings. The molecule has 0 aliphatic rings. The molecular formula is H8O4Pb2Ti. The van der Waals surface area contributed by atoms with Crippen molar-refractivity contribution >= 4 is 54.6 Å². The number of hydrogen-bond donors (Lipinski definition) is 0. The molecule has 0 radical (unpaired) electrons. The van der Waals surface area contributed by atoms with Gasteiger partial charge < -0.3 is 21.9 Å². The van der Waals surface area contributed by atoms with Crippen molar-refractivity contribution < 1.29 is 43.6 Å². The summed E-state index contributed by atoms with van der Waals surface area (Å²) in [4.78, 5) is 0. The molecule has 0 rings (SSSR count). The third-order valence-electron chi connectivity index (χ3n) is 0.